The molecule has 0 radical (unpaired) electrons. The average Bonchev–Trinajstić information content (AvgIpc) is 2.68. The Balaban J connectivity index is 2.09. The number of hydrogen-bond donors (Lipinski definition) is 0. The number of ketones is 1. The van der Waals surface area contributed by atoms with Gasteiger partial charge in [-0.2, -0.15) is 0 Å². The summed E-state index contributed by atoms with van der Waals surface area (Å²) in [4.78, 5) is 26.2. The Labute approximate surface area is 116 Å². The first kappa shape index (κ1) is 14.5. The molecule has 2 aliphatic rings. The highest BCUT2D eigenvalue weighted by Crippen LogP contribution is 2.44. The number of rotatable bonds is 3. The van der Waals surface area contributed by atoms with E-state index in [-0.39, 0.29) is 23.2 Å². The second-order valence-electron chi connectivity index (χ2n) is 7.02. The van der Waals surface area contributed by atoms with Crippen molar-refractivity contribution in [2.75, 3.05) is 6.54 Å². The molecule has 0 bridgehead atoms. The summed E-state index contributed by atoms with van der Waals surface area (Å²) >= 11 is 0. The maximum absolute atomic E-state index is 12.8. The molecule has 1 aliphatic carbocycles. The number of carbonyl (C=O) groups excluding carboxylic acids is 2. The van der Waals surface area contributed by atoms with Crippen molar-refractivity contribution in [2.24, 2.45) is 11.3 Å². The highest BCUT2D eigenvalue weighted by atomic mass is 16.2. The van der Waals surface area contributed by atoms with E-state index in [1.165, 1.54) is 0 Å². The van der Waals surface area contributed by atoms with Crippen LogP contribution in [0.4, 0.5) is 0 Å². The summed E-state index contributed by atoms with van der Waals surface area (Å²) in [5.74, 6) is 0.684. The topological polar surface area (TPSA) is 37.4 Å². The van der Waals surface area contributed by atoms with Crippen molar-refractivity contribution in [3.05, 3.63) is 0 Å². The van der Waals surface area contributed by atoms with E-state index < -0.39 is 0 Å². The summed E-state index contributed by atoms with van der Waals surface area (Å²) in [6.07, 6.45) is 7.11. The van der Waals surface area contributed by atoms with E-state index in [1.807, 2.05) is 4.90 Å². The lowest BCUT2D eigenvalue weighted by Crippen LogP contribution is -2.48. The van der Waals surface area contributed by atoms with Gasteiger partial charge in [0.15, 0.2) is 0 Å². The van der Waals surface area contributed by atoms with Crippen molar-refractivity contribution in [1.82, 2.24) is 4.90 Å². The van der Waals surface area contributed by atoms with Gasteiger partial charge >= 0.3 is 0 Å². The van der Waals surface area contributed by atoms with E-state index in [9.17, 15) is 9.59 Å². The third-order valence-corrected chi connectivity index (χ3v) is 4.99. The monoisotopic (exact) mass is 265 g/mol. The number of piperidine rings is 1. The van der Waals surface area contributed by atoms with E-state index >= 15 is 0 Å². The van der Waals surface area contributed by atoms with Gasteiger partial charge < -0.3 is 4.90 Å². The third-order valence-electron chi connectivity index (χ3n) is 4.99. The minimum Gasteiger partial charge on any atom is -0.339 e. The number of carbonyl (C=O) groups is 2. The van der Waals surface area contributed by atoms with E-state index in [0.29, 0.717) is 12.3 Å². The van der Waals surface area contributed by atoms with Gasteiger partial charge in [-0.1, -0.05) is 20.3 Å². The molecule has 3 heteroatoms. The standard InChI is InChI=1S/C16H27NO2/c1-12(18)11-13-7-4-5-10-17(13)15(19)14-8-6-9-16(14,2)3/h13-14H,4-11H2,1-3H3. The van der Waals surface area contributed by atoms with E-state index in [1.54, 1.807) is 6.92 Å². The van der Waals surface area contributed by atoms with Crippen molar-refractivity contribution in [2.45, 2.75) is 71.8 Å². The lowest BCUT2D eigenvalue weighted by molar-refractivity contribution is -0.142. The molecule has 2 rings (SSSR count). The third kappa shape index (κ3) is 3.18. The molecule has 0 aromatic heterocycles. The molecule has 0 spiro atoms. The molecule has 19 heavy (non-hydrogen) atoms. The van der Waals surface area contributed by atoms with Crippen LogP contribution in [0.3, 0.4) is 0 Å². The SMILES string of the molecule is CC(=O)CC1CCCCN1C(=O)C1CCCC1(C)C. The molecule has 2 atom stereocenters. The zero-order valence-electron chi connectivity index (χ0n) is 12.6. The molecule has 0 aromatic carbocycles. The van der Waals surface area contributed by atoms with Crippen molar-refractivity contribution in [3.63, 3.8) is 0 Å². The van der Waals surface area contributed by atoms with Crippen LogP contribution >= 0.6 is 0 Å². The second-order valence-corrected chi connectivity index (χ2v) is 7.02. The van der Waals surface area contributed by atoms with Crippen LogP contribution in [0.25, 0.3) is 0 Å². The van der Waals surface area contributed by atoms with Crippen LogP contribution in [-0.4, -0.2) is 29.2 Å². The maximum atomic E-state index is 12.8. The molecule has 0 aromatic rings. The first-order chi connectivity index (χ1) is 8.92. The minimum absolute atomic E-state index is 0.134. The van der Waals surface area contributed by atoms with Crippen molar-refractivity contribution >= 4 is 11.7 Å². The molecule has 1 heterocycles. The molecular weight excluding hydrogens is 238 g/mol. The smallest absolute Gasteiger partial charge is 0.226 e. The van der Waals surface area contributed by atoms with Gasteiger partial charge in [-0.15, -0.1) is 0 Å². The number of hydrogen-bond acceptors (Lipinski definition) is 2. The highest BCUT2D eigenvalue weighted by Gasteiger charge is 2.42. The van der Waals surface area contributed by atoms with E-state index in [0.717, 1.165) is 45.1 Å². The summed E-state index contributed by atoms with van der Waals surface area (Å²) in [7, 11) is 0. The quantitative estimate of drug-likeness (QED) is 0.786. The van der Waals surface area contributed by atoms with Crippen LogP contribution in [0.5, 0.6) is 0 Å². The predicted molar refractivity (Wildman–Crippen MR) is 75.8 cm³/mol. The molecule has 1 saturated carbocycles. The first-order valence-electron chi connectivity index (χ1n) is 7.72. The van der Waals surface area contributed by atoms with Gasteiger partial charge in [0.1, 0.15) is 5.78 Å². The highest BCUT2D eigenvalue weighted by molar-refractivity contribution is 5.82. The van der Waals surface area contributed by atoms with Gasteiger partial charge in [0, 0.05) is 24.9 Å². The Bertz CT molecular complexity index is 362. The first-order valence-corrected chi connectivity index (χ1v) is 7.72. The van der Waals surface area contributed by atoms with Gasteiger partial charge in [0.2, 0.25) is 5.91 Å². The van der Waals surface area contributed by atoms with Crippen LogP contribution in [0.1, 0.15) is 65.7 Å². The van der Waals surface area contributed by atoms with E-state index in [2.05, 4.69) is 13.8 Å². The zero-order valence-corrected chi connectivity index (χ0v) is 12.6. The van der Waals surface area contributed by atoms with E-state index in [4.69, 9.17) is 0 Å². The Morgan fingerprint density at radius 3 is 2.47 bits per heavy atom. The zero-order chi connectivity index (χ0) is 14.0. The molecule has 0 N–H and O–H groups in total. The van der Waals surface area contributed by atoms with Crippen LogP contribution in [0, 0.1) is 11.3 Å². The van der Waals surface area contributed by atoms with Crippen molar-refractivity contribution < 1.29 is 9.59 Å². The molecule has 2 unspecified atom stereocenters. The maximum Gasteiger partial charge on any atom is 0.226 e. The van der Waals surface area contributed by atoms with Gasteiger partial charge in [-0.25, -0.2) is 0 Å². The van der Waals surface area contributed by atoms with Crippen LogP contribution < -0.4 is 0 Å². The lowest BCUT2D eigenvalue weighted by atomic mass is 9.80. The molecule has 3 nitrogen and oxygen atoms in total. The normalized spacial score (nSPS) is 30.4. The molecule has 1 aliphatic heterocycles. The second kappa shape index (κ2) is 5.64. The number of amides is 1. The largest absolute Gasteiger partial charge is 0.339 e. The molecule has 2 fully saturated rings. The molecule has 108 valence electrons. The summed E-state index contributed by atoms with van der Waals surface area (Å²) in [6, 6.07) is 0.162. The summed E-state index contributed by atoms with van der Waals surface area (Å²) in [5.41, 5.74) is 0.134. The Kier molecular flexibility index (Phi) is 4.32. The van der Waals surface area contributed by atoms with Crippen molar-refractivity contribution in [3.8, 4) is 0 Å². The summed E-state index contributed by atoms with van der Waals surface area (Å²) < 4.78 is 0. The lowest BCUT2D eigenvalue weighted by Gasteiger charge is -2.39. The minimum atomic E-state index is 0.134. The fraction of sp³-hybridized carbons (Fsp3) is 0.875. The van der Waals surface area contributed by atoms with Gasteiger partial charge in [0.05, 0.1) is 0 Å². The number of Topliss-reactive ketones (excluding diaryl/α,β-unsaturated/α-hetero) is 1. The van der Waals surface area contributed by atoms with Gasteiger partial charge in [0.25, 0.3) is 0 Å². The average molecular weight is 265 g/mol. The molecule has 1 saturated heterocycles. The molecular formula is C16H27NO2. The summed E-state index contributed by atoms with van der Waals surface area (Å²) in [5, 5.41) is 0. The van der Waals surface area contributed by atoms with Crippen molar-refractivity contribution in [1.29, 1.82) is 0 Å². The van der Waals surface area contributed by atoms with Gasteiger partial charge in [-0.05, 0) is 44.4 Å². The summed E-state index contributed by atoms with van der Waals surface area (Å²) in [6.45, 7) is 6.92. The Hall–Kier alpha value is -0.860. The molecule has 1 amide bonds. The predicted octanol–water partition coefficient (Wildman–Crippen LogP) is 3.17. The van der Waals surface area contributed by atoms with Crippen LogP contribution in [0.15, 0.2) is 0 Å². The van der Waals surface area contributed by atoms with Crippen LogP contribution in [0.2, 0.25) is 0 Å². The Morgan fingerprint density at radius 1 is 1.16 bits per heavy atom. The fourth-order valence-electron chi connectivity index (χ4n) is 3.82. The number of likely N-dealkylation sites (tertiary alicyclic amines) is 1. The number of nitrogens with zero attached hydrogens (tertiary/aromatic N) is 1. The van der Waals surface area contributed by atoms with Gasteiger partial charge in [-0.3, -0.25) is 9.59 Å². The Morgan fingerprint density at radius 2 is 1.89 bits per heavy atom. The van der Waals surface area contributed by atoms with Crippen LogP contribution in [-0.2, 0) is 9.59 Å². The fourth-order valence-corrected chi connectivity index (χ4v) is 3.82.